The van der Waals surface area contributed by atoms with Gasteiger partial charge in [0.2, 0.25) is 0 Å². The molecule has 0 amide bonds. The summed E-state index contributed by atoms with van der Waals surface area (Å²) in [5.41, 5.74) is 7.25. The largest absolute Gasteiger partial charge is 0.496 e. The molecule has 2 N–H and O–H groups in total. The smallest absolute Gasteiger partial charge is 0.132 e. The van der Waals surface area contributed by atoms with Gasteiger partial charge in [0, 0.05) is 23.3 Å². The maximum Gasteiger partial charge on any atom is 0.132 e. The van der Waals surface area contributed by atoms with Crippen molar-refractivity contribution in [3.8, 4) is 5.75 Å². The molecule has 2 aromatic rings. The molecule has 0 aliphatic carbocycles. The monoisotopic (exact) mass is 274 g/mol. The molecule has 4 heteroatoms. The van der Waals surface area contributed by atoms with Gasteiger partial charge in [0.15, 0.2) is 0 Å². The normalized spacial score (nSPS) is 13.8. The van der Waals surface area contributed by atoms with Crippen molar-refractivity contribution < 1.29 is 4.74 Å². The standard InChI is InChI=1S/C15H18N2OS/c1-11(16)15(12-6-5-9-17-10-12)19-14-8-4-3-7-13(14)18-2/h3-11,15H,16H2,1-2H3. The average molecular weight is 274 g/mol. The van der Waals surface area contributed by atoms with E-state index in [1.807, 2.05) is 37.4 Å². The minimum Gasteiger partial charge on any atom is -0.496 e. The third-order valence-electron chi connectivity index (χ3n) is 2.81. The summed E-state index contributed by atoms with van der Waals surface area (Å²) >= 11 is 1.71. The second-order valence-electron chi connectivity index (χ2n) is 4.33. The van der Waals surface area contributed by atoms with Crippen LogP contribution >= 0.6 is 11.8 Å². The molecule has 0 aliphatic heterocycles. The molecule has 0 radical (unpaired) electrons. The van der Waals surface area contributed by atoms with E-state index in [1.54, 1.807) is 25.1 Å². The SMILES string of the molecule is COc1ccccc1SC(c1cccnc1)C(C)N. The minimum atomic E-state index is 0.0270. The maximum absolute atomic E-state index is 6.12. The molecule has 2 atom stereocenters. The highest BCUT2D eigenvalue weighted by Crippen LogP contribution is 2.40. The molecule has 1 heterocycles. The average Bonchev–Trinajstić information content (AvgIpc) is 2.45. The summed E-state index contributed by atoms with van der Waals surface area (Å²) < 4.78 is 5.38. The number of ether oxygens (including phenoxy) is 1. The van der Waals surface area contributed by atoms with Gasteiger partial charge in [-0.25, -0.2) is 0 Å². The number of aromatic nitrogens is 1. The third-order valence-corrected chi connectivity index (χ3v) is 4.36. The van der Waals surface area contributed by atoms with Crippen molar-refractivity contribution in [2.75, 3.05) is 7.11 Å². The zero-order chi connectivity index (χ0) is 13.7. The van der Waals surface area contributed by atoms with E-state index in [-0.39, 0.29) is 11.3 Å². The fourth-order valence-corrected chi connectivity index (χ4v) is 3.06. The van der Waals surface area contributed by atoms with Crippen molar-refractivity contribution in [1.29, 1.82) is 0 Å². The van der Waals surface area contributed by atoms with Gasteiger partial charge in [0.1, 0.15) is 5.75 Å². The first kappa shape index (κ1) is 13.9. The maximum atomic E-state index is 6.12. The quantitative estimate of drug-likeness (QED) is 0.850. The number of thioether (sulfide) groups is 1. The van der Waals surface area contributed by atoms with Crippen molar-refractivity contribution in [2.24, 2.45) is 5.73 Å². The van der Waals surface area contributed by atoms with Gasteiger partial charge in [-0.2, -0.15) is 0 Å². The van der Waals surface area contributed by atoms with Crippen molar-refractivity contribution in [3.63, 3.8) is 0 Å². The van der Waals surface area contributed by atoms with Gasteiger partial charge in [0.25, 0.3) is 0 Å². The van der Waals surface area contributed by atoms with E-state index in [9.17, 15) is 0 Å². The van der Waals surface area contributed by atoms with Crippen LogP contribution in [0.1, 0.15) is 17.7 Å². The first-order chi connectivity index (χ1) is 9.22. The summed E-state index contributed by atoms with van der Waals surface area (Å²) in [6, 6.07) is 12.0. The first-order valence-electron chi connectivity index (χ1n) is 6.17. The zero-order valence-electron chi connectivity index (χ0n) is 11.1. The Bertz CT molecular complexity index is 517. The van der Waals surface area contributed by atoms with Gasteiger partial charge >= 0.3 is 0 Å². The van der Waals surface area contributed by atoms with Gasteiger partial charge in [-0.15, -0.1) is 11.8 Å². The summed E-state index contributed by atoms with van der Waals surface area (Å²) in [5.74, 6) is 0.877. The number of rotatable bonds is 5. The van der Waals surface area contributed by atoms with Crippen LogP contribution in [0.3, 0.4) is 0 Å². The number of pyridine rings is 1. The molecular formula is C15H18N2OS. The van der Waals surface area contributed by atoms with Crippen molar-refractivity contribution >= 4 is 11.8 Å². The number of methoxy groups -OCH3 is 1. The van der Waals surface area contributed by atoms with Crippen molar-refractivity contribution in [3.05, 3.63) is 54.4 Å². The molecule has 1 aromatic carbocycles. The number of nitrogens with two attached hydrogens (primary N) is 1. The lowest BCUT2D eigenvalue weighted by molar-refractivity contribution is 0.404. The van der Waals surface area contributed by atoms with E-state index >= 15 is 0 Å². The van der Waals surface area contributed by atoms with Crippen molar-refractivity contribution in [2.45, 2.75) is 23.1 Å². The highest BCUT2D eigenvalue weighted by Gasteiger charge is 2.19. The molecule has 0 saturated heterocycles. The van der Waals surface area contributed by atoms with Gasteiger partial charge < -0.3 is 10.5 Å². The Hall–Kier alpha value is -1.52. The number of hydrogen-bond donors (Lipinski definition) is 1. The van der Waals surface area contributed by atoms with Gasteiger partial charge in [-0.3, -0.25) is 4.98 Å². The molecular weight excluding hydrogens is 256 g/mol. The molecule has 2 rings (SSSR count). The van der Waals surface area contributed by atoms with Crippen LogP contribution in [0.15, 0.2) is 53.7 Å². The summed E-state index contributed by atoms with van der Waals surface area (Å²) in [4.78, 5) is 5.27. The van der Waals surface area contributed by atoms with Crippen molar-refractivity contribution in [1.82, 2.24) is 4.98 Å². The number of nitrogens with zero attached hydrogens (tertiary/aromatic N) is 1. The fraction of sp³-hybridized carbons (Fsp3) is 0.267. The molecule has 0 fully saturated rings. The minimum absolute atomic E-state index is 0.0270. The third kappa shape index (κ3) is 3.49. The van der Waals surface area contributed by atoms with E-state index in [1.165, 1.54) is 0 Å². The molecule has 0 saturated carbocycles. The predicted molar refractivity (Wildman–Crippen MR) is 79.5 cm³/mol. The molecule has 19 heavy (non-hydrogen) atoms. The molecule has 3 nitrogen and oxygen atoms in total. The lowest BCUT2D eigenvalue weighted by Crippen LogP contribution is -2.22. The lowest BCUT2D eigenvalue weighted by atomic mass is 10.1. The van der Waals surface area contributed by atoms with Gasteiger partial charge in [0.05, 0.1) is 12.4 Å². The molecule has 2 unspecified atom stereocenters. The van der Waals surface area contributed by atoms with E-state index in [2.05, 4.69) is 17.1 Å². The molecule has 0 bridgehead atoms. The van der Waals surface area contributed by atoms with Crippen LogP contribution in [0.2, 0.25) is 0 Å². The van der Waals surface area contributed by atoms with Crippen LogP contribution in [0.4, 0.5) is 0 Å². The Morgan fingerprint density at radius 2 is 2.00 bits per heavy atom. The summed E-state index contributed by atoms with van der Waals surface area (Å²) in [6.45, 7) is 2.01. The van der Waals surface area contributed by atoms with E-state index < -0.39 is 0 Å². The second-order valence-corrected chi connectivity index (χ2v) is 5.52. The second kappa shape index (κ2) is 6.59. The van der Waals surface area contributed by atoms with Crippen LogP contribution in [0.25, 0.3) is 0 Å². The van der Waals surface area contributed by atoms with Crippen LogP contribution in [0, 0.1) is 0 Å². The van der Waals surface area contributed by atoms with Gasteiger partial charge in [-0.1, -0.05) is 18.2 Å². The number of hydrogen-bond acceptors (Lipinski definition) is 4. The van der Waals surface area contributed by atoms with E-state index in [0.29, 0.717) is 0 Å². The molecule has 1 aromatic heterocycles. The Balaban J connectivity index is 2.27. The predicted octanol–water partition coefficient (Wildman–Crippen LogP) is 3.27. The Labute approximate surface area is 118 Å². The first-order valence-corrected chi connectivity index (χ1v) is 7.05. The number of benzene rings is 1. The summed E-state index contributed by atoms with van der Waals surface area (Å²) in [7, 11) is 1.68. The Morgan fingerprint density at radius 1 is 1.21 bits per heavy atom. The molecule has 0 spiro atoms. The fourth-order valence-electron chi connectivity index (χ4n) is 1.88. The summed E-state index contributed by atoms with van der Waals surface area (Å²) in [6.07, 6.45) is 3.64. The Kier molecular flexibility index (Phi) is 4.82. The lowest BCUT2D eigenvalue weighted by Gasteiger charge is -2.21. The van der Waals surface area contributed by atoms with Crippen LogP contribution in [-0.4, -0.2) is 18.1 Å². The highest BCUT2D eigenvalue weighted by atomic mass is 32.2. The molecule has 100 valence electrons. The van der Waals surface area contributed by atoms with Gasteiger partial charge in [-0.05, 0) is 30.7 Å². The van der Waals surface area contributed by atoms with Crippen LogP contribution < -0.4 is 10.5 Å². The topological polar surface area (TPSA) is 48.1 Å². The summed E-state index contributed by atoms with van der Waals surface area (Å²) in [5, 5.41) is 0.157. The zero-order valence-corrected chi connectivity index (χ0v) is 11.9. The highest BCUT2D eigenvalue weighted by molar-refractivity contribution is 7.99. The van der Waals surface area contributed by atoms with Crippen LogP contribution in [0.5, 0.6) is 5.75 Å². The van der Waals surface area contributed by atoms with E-state index in [4.69, 9.17) is 10.5 Å². The number of para-hydroxylation sites is 1. The van der Waals surface area contributed by atoms with E-state index in [0.717, 1.165) is 16.2 Å². The Morgan fingerprint density at radius 3 is 2.63 bits per heavy atom. The van der Waals surface area contributed by atoms with Crippen LogP contribution in [-0.2, 0) is 0 Å². The molecule has 0 aliphatic rings.